The minimum absolute atomic E-state index is 0.171. The maximum atomic E-state index is 13.0. The van der Waals surface area contributed by atoms with Crippen molar-refractivity contribution in [3.8, 4) is 0 Å². The zero-order valence-corrected chi connectivity index (χ0v) is 8.86. The smallest absolute Gasteiger partial charge is 0.123 e. The Hall–Kier alpha value is -0.560. The monoisotopic (exact) mass is 212 g/mol. The summed E-state index contributed by atoms with van der Waals surface area (Å²) in [5.74, 6) is 0.307. The minimum Gasteiger partial charge on any atom is -0.207 e. The van der Waals surface area contributed by atoms with Crippen LogP contribution in [0.2, 0.25) is 5.02 Å². The van der Waals surface area contributed by atoms with Gasteiger partial charge in [0.2, 0.25) is 0 Å². The molecular formula is C12H14ClF. The van der Waals surface area contributed by atoms with Crippen LogP contribution in [0.5, 0.6) is 0 Å². The van der Waals surface area contributed by atoms with Crippen LogP contribution in [-0.4, -0.2) is 0 Å². The zero-order valence-electron chi connectivity index (χ0n) is 8.10. The van der Waals surface area contributed by atoms with Crippen molar-refractivity contribution in [2.75, 3.05) is 0 Å². The fourth-order valence-electron chi connectivity index (χ4n) is 2.24. The highest BCUT2D eigenvalue weighted by Crippen LogP contribution is 2.36. The van der Waals surface area contributed by atoms with E-state index < -0.39 is 0 Å². The predicted molar refractivity (Wildman–Crippen MR) is 57.2 cm³/mol. The van der Waals surface area contributed by atoms with Crippen molar-refractivity contribution in [2.24, 2.45) is 0 Å². The average molecular weight is 213 g/mol. The predicted octanol–water partition coefficient (Wildman–Crippen LogP) is 4.53. The average Bonchev–Trinajstić information content (AvgIpc) is 2.23. The second-order valence-corrected chi connectivity index (χ2v) is 4.41. The molecule has 0 radical (unpaired) electrons. The molecule has 76 valence electrons. The molecule has 0 N–H and O–H groups in total. The number of benzene rings is 1. The van der Waals surface area contributed by atoms with Crippen molar-refractivity contribution in [3.63, 3.8) is 0 Å². The fourth-order valence-corrected chi connectivity index (χ4v) is 2.51. The fraction of sp³-hybridized carbons (Fsp3) is 0.500. The Morgan fingerprint density at radius 3 is 2.57 bits per heavy atom. The van der Waals surface area contributed by atoms with E-state index in [-0.39, 0.29) is 5.82 Å². The van der Waals surface area contributed by atoms with Gasteiger partial charge < -0.3 is 0 Å². The van der Waals surface area contributed by atoms with E-state index in [0.29, 0.717) is 5.92 Å². The minimum atomic E-state index is -0.171. The highest BCUT2D eigenvalue weighted by molar-refractivity contribution is 6.31. The van der Waals surface area contributed by atoms with E-state index >= 15 is 0 Å². The lowest BCUT2D eigenvalue weighted by Gasteiger charge is -2.22. The van der Waals surface area contributed by atoms with Crippen molar-refractivity contribution >= 4 is 11.6 Å². The largest absolute Gasteiger partial charge is 0.207 e. The van der Waals surface area contributed by atoms with Crippen LogP contribution < -0.4 is 0 Å². The molecule has 0 nitrogen and oxygen atoms in total. The van der Waals surface area contributed by atoms with Gasteiger partial charge in [0.15, 0.2) is 0 Å². The highest BCUT2D eigenvalue weighted by atomic mass is 35.5. The SMILES string of the molecule is Fc1ccc(Cl)c(C2CCCCC2)c1. The molecule has 1 aromatic carbocycles. The van der Waals surface area contributed by atoms with E-state index in [4.69, 9.17) is 11.6 Å². The molecule has 1 aromatic rings. The molecule has 1 fully saturated rings. The van der Waals surface area contributed by atoms with Crippen LogP contribution in [0.15, 0.2) is 18.2 Å². The van der Waals surface area contributed by atoms with E-state index in [1.165, 1.54) is 25.3 Å². The molecule has 14 heavy (non-hydrogen) atoms. The van der Waals surface area contributed by atoms with Gasteiger partial charge in [-0.05, 0) is 42.5 Å². The number of hydrogen-bond donors (Lipinski definition) is 0. The lowest BCUT2D eigenvalue weighted by Crippen LogP contribution is -2.05. The molecule has 0 aromatic heterocycles. The first-order valence-electron chi connectivity index (χ1n) is 5.22. The van der Waals surface area contributed by atoms with E-state index in [9.17, 15) is 4.39 Å². The molecule has 2 rings (SSSR count). The number of rotatable bonds is 1. The van der Waals surface area contributed by atoms with Crippen molar-refractivity contribution in [1.82, 2.24) is 0 Å². The summed E-state index contributed by atoms with van der Waals surface area (Å²) in [6, 6.07) is 4.69. The van der Waals surface area contributed by atoms with Crippen molar-refractivity contribution in [3.05, 3.63) is 34.6 Å². The maximum absolute atomic E-state index is 13.0. The van der Waals surface area contributed by atoms with Gasteiger partial charge in [-0.15, -0.1) is 0 Å². The molecule has 0 unspecified atom stereocenters. The quantitative estimate of drug-likeness (QED) is 0.642. The van der Waals surface area contributed by atoms with Crippen LogP contribution in [0.1, 0.15) is 43.6 Å². The third-order valence-electron chi connectivity index (χ3n) is 3.00. The van der Waals surface area contributed by atoms with Gasteiger partial charge in [-0.1, -0.05) is 30.9 Å². The molecule has 0 atom stereocenters. The lowest BCUT2D eigenvalue weighted by atomic mass is 9.84. The van der Waals surface area contributed by atoms with E-state index in [2.05, 4.69) is 0 Å². The lowest BCUT2D eigenvalue weighted by molar-refractivity contribution is 0.442. The summed E-state index contributed by atoms with van der Waals surface area (Å²) >= 11 is 6.06. The first kappa shape index (κ1) is 9.97. The number of halogens is 2. The Kier molecular flexibility index (Phi) is 3.07. The van der Waals surface area contributed by atoms with Gasteiger partial charge in [-0.3, -0.25) is 0 Å². The summed E-state index contributed by atoms with van der Waals surface area (Å²) in [4.78, 5) is 0. The summed E-state index contributed by atoms with van der Waals surface area (Å²) in [7, 11) is 0. The Balaban J connectivity index is 2.24. The molecule has 0 spiro atoms. The highest BCUT2D eigenvalue weighted by Gasteiger charge is 2.18. The van der Waals surface area contributed by atoms with Crippen LogP contribution in [-0.2, 0) is 0 Å². The molecule has 1 aliphatic rings. The van der Waals surface area contributed by atoms with Gasteiger partial charge in [0, 0.05) is 5.02 Å². The van der Waals surface area contributed by atoms with E-state index in [0.717, 1.165) is 23.4 Å². The molecule has 2 heteroatoms. The number of hydrogen-bond acceptors (Lipinski definition) is 0. The third-order valence-corrected chi connectivity index (χ3v) is 3.35. The summed E-state index contributed by atoms with van der Waals surface area (Å²) < 4.78 is 13.0. The van der Waals surface area contributed by atoms with Gasteiger partial charge >= 0.3 is 0 Å². The topological polar surface area (TPSA) is 0 Å². The van der Waals surface area contributed by atoms with Crippen LogP contribution >= 0.6 is 11.6 Å². The molecule has 0 aliphatic heterocycles. The first-order valence-corrected chi connectivity index (χ1v) is 5.60. The summed E-state index contributed by atoms with van der Waals surface area (Å²) in [5, 5.41) is 0.721. The van der Waals surface area contributed by atoms with Crippen LogP contribution in [0.25, 0.3) is 0 Å². The van der Waals surface area contributed by atoms with Gasteiger partial charge in [-0.2, -0.15) is 0 Å². The standard InChI is InChI=1S/C12H14ClF/c13-12-7-6-10(14)8-11(12)9-4-2-1-3-5-9/h6-9H,1-5H2. The van der Waals surface area contributed by atoms with Gasteiger partial charge in [0.1, 0.15) is 5.82 Å². The van der Waals surface area contributed by atoms with Gasteiger partial charge in [0.25, 0.3) is 0 Å². The molecule has 0 saturated heterocycles. The molecule has 1 saturated carbocycles. The summed E-state index contributed by atoms with van der Waals surface area (Å²) in [6.07, 6.45) is 6.12. The Labute approximate surface area is 89.1 Å². The third kappa shape index (κ3) is 2.09. The van der Waals surface area contributed by atoms with Crippen molar-refractivity contribution in [1.29, 1.82) is 0 Å². The second kappa shape index (κ2) is 4.31. The van der Waals surface area contributed by atoms with E-state index in [1.54, 1.807) is 12.1 Å². The normalized spacial score (nSPS) is 18.4. The van der Waals surface area contributed by atoms with Crippen LogP contribution in [0.4, 0.5) is 4.39 Å². The van der Waals surface area contributed by atoms with Crippen molar-refractivity contribution in [2.45, 2.75) is 38.0 Å². The molecule has 0 heterocycles. The van der Waals surface area contributed by atoms with Crippen LogP contribution in [0, 0.1) is 5.82 Å². The first-order chi connectivity index (χ1) is 6.77. The Bertz CT molecular complexity index is 316. The molecule has 1 aliphatic carbocycles. The Morgan fingerprint density at radius 2 is 1.86 bits per heavy atom. The molecular weight excluding hydrogens is 199 g/mol. The molecule has 0 amide bonds. The second-order valence-electron chi connectivity index (χ2n) is 4.00. The van der Waals surface area contributed by atoms with Crippen molar-refractivity contribution < 1.29 is 4.39 Å². The zero-order chi connectivity index (χ0) is 9.97. The Morgan fingerprint density at radius 1 is 1.14 bits per heavy atom. The van der Waals surface area contributed by atoms with E-state index in [1.807, 2.05) is 0 Å². The summed E-state index contributed by atoms with van der Waals surface area (Å²) in [6.45, 7) is 0. The van der Waals surface area contributed by atoms with Crippen LogP contribution in [0.3, 0.4) is 0 Å². The summed E-state index contributed by atoms with van der Waals surface area (Å²) in [5.41, 5.74) is 1.01. The molecule has 0 bridgehead atoms. The maximum Gasteiger partial charge on any atom is 0.123 e. The van der Waals surface area contributed by atoms with Gasteiger partial charge in [0.05, 0.1) is 0 Å². The van der Waals surface area contributed by atoms with Gasteiger partial charge in [-0.25, -0.2) is 4.39 Å².